The Morgan fingerprint density at radius 2 is 0.882 bits per heavy atom. The van der Waals surface area contributed by atoms with Crippen LogP contribution in [0.5, 0.6) is 11.5 Å². The number of hydrogen-bond acceptors (Lipinski definition) is 3. The van der Waals surface area contributed by atoms with Gasteiger partial charge < -0.3 is 9.05 Å². The lowest BCUT2D eigenvalue weighted by atomic mass is 9.69. The first-order valence-corrected chi connectivity index (χ1v) is 13.7. The van der Waals surface area contributed by atoms with Crippen molar-refractivity contribution in [2.75, 3.05) is 0 Å². The van der Waals surface area contributed by atoms with Crippen LogP contribution in [0.25, 0.3) is 0 Å². The lowest BCUT2D eigenvalue weighted by Gasteiger charge is -2.37. The minimum Gasteiger partial charge on any atom is -0.395 e. The topological polar surface area (TPSA) is 55.8 Å². The van der Waals surface area contributed by atoms with E-state index in [1.54, 1.807) is 0 Å². The van der Waals surface area contributed by atoms with Crippen LogP contribution in [0, 0.1) is 0 Å². The summed E-state index contributed by atoms with van der Waals surface area (Å²) in [4.78, 5) is 11.0. The maximum Gasteiger partial charge on any atom is 0.584 e. The number of phosphoric acid groups is 1. The van der Waals surface area contributed by atoms with Crippen molar-refractivity contribution in [3.63, 3.8) is 0 Å². The van der Waals surface area contributed by atoms with Gasteiger partial charge in [-0.3, -0.25) is 4.89 Å². The molecule has 0 atom stereocenters. The SMILES string of the molecule is CC(C)(C)c1c2ccc(c1C(C)(C)C)OP(=O)(O)Oc1ccc(c(C(C)(C)C)c1C(C)(C)C)C2. The molecule has 4 heterocycles. The highest BCUT2D eigenvalue weighted by molar-refractivity contribution is 7.48. The van der Waals surface area contributed by atoms with Crippen molar-refractivity contribution in [2.45, 2.75) is 111 Å². The second-order valence-electron chi connectivity index (χ2n) is 13.8. The highest BCUT2D eigenvalue weighted by Crippen LogP contribution is 2.53. The molecule has 34 heavy (non-hydrogen) atoms. The predicted octanol–water partition coefficient (Wildman–Crippen LogP) is 8.34. The van der Waals surface area contributed by atoms with Crippen molar-refractivity contribution in [1.82, 2.24) is 0 Å². The van der Waals surface area contributed by atoms with Crippen molar-refractivity contribution >= 4 is 7.82 Å². The Labute approximate surface area is 206 Å². The number of benzene rings is 2. The molecule has 0 saturated heterocycles. The van der Waals surface area contributed by atoms with Gasteiger partial charge in [0.2, 0.25) is 0 Å². The van der Waals surface area contributed by atoms with E-state index in [-0.39, 0.29) is 21.7 Å². The van der Waals surface area contributed by atoms with Crippen LogP contribution in [0.4, 0.5) is 0 Å². The third-order valence-electron chi connectivity index (χ3n) is 6.32. The average molecular weight is 487 g/mol. The van der Waals surface area contributed by atoms with Crippen LogP contribution in [-0.4, -0.2) is 4.89 Å². The Hall–Kier alpha value is -1.77. The molecule has 0 unspecified atom stereocenters. The molecule has 0 spiro atoms. The Balaban J connectivity index is 2.54. The molecule has 1 N–H and O–H groups in total. The fraction of sp³-hybridized carbons (Fsp3) is 0.586. The first-order chi connectivity index (χ1) is 15.1. The first-order valence-electron chi connectivity index (χ1n) is 12.2. The van der Waals surface area contributed by atoms with Crippen molar-refractivity contribution in [3.8, 4) is 11.5 Å². The summed E-state index contributed by atoms with van der Waals surface area (Å²) < 4.78 is 25.2. The first kappa shape index (κ1) is 26.8. The van der Waals surface area contributed by atoms with E-state index in [1.807, 2.05) is 12.1 Å². The zero-order chi connectivity index (χ0) is 26.1. The van der Waals surface area contributed by atoms with E-state index in [0.29, 0.717) is 11.5 Å². The zero-order valence-electron chi connectivity index (χ0n) is 23.1. The Kier molecular flexibility index (Phi) is 6.42. The minimum atomic E-state index is -4.47. The Bertz CT molecular complexity index is 1060. The van der Waals surface area contributed by atoms with E-state index in [0.717, 1.165) is 17.5 Å². The second kappa shape index (κ2) is 8.14. The Morgan fingerprint density at radius 1 is 0.588 bits per heavy atom. The molecule has 6 rings (SSSR count). The average Bonchev–Trinajstić information content (AvgIpc) is 2.57. The monoisotopic (exact) mass is 486 g/mol. The number of phosphoric ester groups is 1. The minimum absolute atomic E-state index is 0.198. The smallest absolute Gasteiger partial charge is 0.395 e. The van der Waals surface area contributed by atoms with Gasteiger partial charge in [0.15, 0.2) is 0 Å². The van der Waals surface area contributed by atoms with Crippen LogP contribution in [-0.2, 0) is 32.6 Å². The van der Waals surface area contributed by atoms with Crippen molar-refractivity contribution < 1.29 is 18.5 Å². The maximum atomic E-state index is 13.4. The molecular weight excluding hydrogens is 443 g/mol. The van der Waals surface area contributed by atoms with Crippen LogP contribution in [0.15, 0.2) is 24.3 Å². The molecule has 0 aromatic heterocycles. The molecule has 2 aromatic rings. The molecule has 0 aliphatic carbocycles. The molecule has 4 aliphatic rings. The standard InChI is InChI=1S/C29H43O4P/c1-26(2,3)22-18-13-15-20(24(22)28(7,8)9)32-34(30,31)33-21-16-14-19(17-18)23(27(4,5)6)25(21)29(10,11)12/h13-16H,17H2,1-12H3,(H,30,31). The van der Waals surface area contributed by atoms with Crippen molar-refractivity contribution in [1.29, 1.82) is 0 Å². The van der Waals surface area contributed by atoms with E-state index in [2.05, 4.69) is 95.2 Å². The molecule has 0 radical (unpaired) electrons. The molecular formula is C29H43O4P. The lowest BCUT2D eigenvalue weighted by Crippen LogP contribution is -2.28. The normalized spacial score (nSPS) is 16.5. The summed E-state index contributed by atoms with van der Waals surface area (Å²) in [5, 5.41) is 0. The molecule has 4 aliphatic heterocycles. The molecule has 0 amide bonds. The van der Waals surface area contributed by atoms with Crippen molar-refractivity contribution in [3.05, 3.63) is 57.6 Å². The van der Waals surface area contributed by atoms with Crippen LogP contribution in [0.3, 0.4) is 0 Å². The third kappa shape index (κ3) is 5.24. The molecule has 2 aromatic carbocycles. The molecule has 5 heteroatoms. The van der Waals surface area contributed by atoms with Crippen LogP contribution < -0.4 is 9.05 Å². The van der Waals surface area contributed by atoms with Crippen LogP contribution in [0.2, 0.25) is 0 Å². The maximum absolute atomic E-state index is 13.4. The van der Waals surface area contributed by atoms with Gasteiger partial charge in [0, 0.05) is 11.1 Å². The van der Waals surface area contributed by atoms with E-state index in [1.165, 1.54) is 22.3 Å². The highest BCUT2D eigenvalue weighted by atomic mass is 31.2. The van der Waals surface area contributed by atoms with Gasteiger partial charge in [0.25, 0.3) is 0 Å². The highest BCUT2D eigenvalue weighted by Gasteiger charge is 2.39. The van der Waals surface area contributed by atoms with Gasteiger partial charge in [-0.25, -0.2) is 4.57 Å². The van der Waals surface area contributed by atoms with Crippen LogP contribution >= 0.6 is 7.82 Å². The molecule has 4 bridgehead atoms. The predicted molar refractivity (Wildman–Crippen MR) is 142 cm³/mol. The summed E-state index contributed by atoms with van der Waals surface area (Å²) >= 11 is 0. The summed E-state index contributed by atoms with van der Waals surface area (Å²) in [6.45, 7) is 25.9. The number of rotatable bonds is 0. The second-order valence-corrected chi connectivity index (χ2v) is 15.1. The van der Waals surface area contributed by atoms with Gasteiger partial charge in [0.1, 0.15) is 11.5 Å². The molecule has 0 fully saturated rings. The van der Waals surface area contributed by atoms with Gasteiger partial charge in [0.05, 0.1) is 0 Å². The van der Waals surface area contributed by atoms with Crippen molar-refractivity contribution in [2.24, 2.45) is 0 Å². The quantitative estimate of drug-likeness (QED) is 0.380. The summed E-state index contributed by atoms with van der Waals surface area (Å²) in [6, 6.07) is 7.80. The third-order valence-corrected chi connectivity index (χ3v) is 7.17. The van der Waals surface area contributed by atoms with E-state index in [4.69, 9.17) is 9.05 Å². The van der Waals surface area contributed by atoms with Gasteiger partial charge in [-0.1, -0.05) is 95.2 Å². The van der Waals surface area contributed by atoms with E-state index >= 15 is 0 Å². The fourth-order valence-corrected chi connectivity index (χ4v) is 6.21. The van der Waals surface area contributed by atoms with Gasteiger partial charge >= 0.3 is 7.82 Å². The summed E-state index contributed by atoms with van der Waals surface area (Å²) in [6.07, 6.45) is 0.767. The number of hydrogen-bond donors (Lipinski definition) is 1. The van der Waals surface area contributed by atoms with Crippen LogP contribution in [0.1, 0.15) is 116 Å². The Morgan fingerprint density at radius 3 is 1.15 bits per heavy atom. The molecule has 188 valence electrons. The molecule has 0 saturated carbocycles. The van der Waals surface area contributed by atoms with Gasteiger partial charge in [-0.05, 0) is 62.5 Å². The fourth-order valence-electron chi connectivity index (χ4n) is 5.38. The summed E-state index contributed by atoms with van der Waals surface area (Å²) in [5.41, 5.74) is 5.69. The lowest BCUT2D eigenvalue weighted by molar-refractivity contribution is 0.284. The summed E-state index contributed by atoms with van der Waals surface area (Å²) in [7, 11) is -4.47. The van der Waals surface area contributed by atoms with Gasteiger partial charge in [-0.2, -0.15) is 0 Å². The zero-order valence-corrected chi connectivity index (χ0v) is 24.0. The summed E-state index contributed by atoms with van der Waals surface area (Å²) in [5.74, 6) is 0.825. The van der Waals surface area contributed by atoms with Gasteiger partial charge in [-0.15, -0.1) is 0 Å². The van der Waals surface area contributed by atoms with E-state index in [9.17, 15) is 9.46 Å². The largest absolute Gasteiger partial charge is 0.584 e. The van der Waals surface area contributed by atoms with E-state index < -0.39 is 7.82 Å². The molecule has 4 nitrogen and oxygen atoms in total.